The number of ether oxygens (including phenoxy) is 1. The molecule has 1 aromatic carbocycles. The van der Waals surface area contributed by atoms with Gasteiger partial charge in [0, 0.05) is 16.0 Å². The van der Waals surface area contributed by atoms with E-state index in [-0.39, 0.29) is 0 Å². The van der Waals surface area contributed by atoms with Gasteiger partial charge >= 0.3 is 0 Å². The van der Waals surface area contributed by atoms with Gasteiger partial charge in [0.25, 0.3) is 5.19 Å². The molecule has 3 nitrogen and oxygen atoms in total. The lowest BCUT2D eigenvalue weighted by Crippen LogP contribution is -1.84. The maximum Gasteiger partial charge on any atom is 0.298 e. The zero-order valence-corrected chi connectivity index (χ0v) is 10.9. The molecule has 0 aliphatic heterocycles. The third-order valence-electron chi connectivity index (χ3n) is 1.60. The molecular formula is C9H6BrClN2OS. The van der Waals surface area contributed by atoms with E-state index in [9.17, 15) is 0 Å². The van der Waals surface area contributed by atoms with Gasteiger partial charge in [-0.05, 0) is 25.1 Å². The van der Waals surface area contributed by atoms with E-state index in [2.05, 4.69) is 25.3 Å². The highest BCUT2D eigenvalue weighted by atomic mass is 79.9. The van der Waals surface area contributed by atoms with Crippen LogP contribution in [0.4, 0.5) is 0 Å². The molecular weight excluding hydrogens is 300 g/mol. The molecule has 0 radical (unpaired) electrons. The SMILES string of the molecule is Cc1nsc(Oc2cc(Br)ccc2Cl)n1. The summed E-state index contributed by atoms with van der Waals surface area (Å²) in [7, 11) is 0. The van der Waals surface area contributed by atoms with Crippen LogP contribution in [0.5, 0.6) is 10.9 Å². The second kappa shape index (κ2) is 4.47. The number of nitrogens with zero attached hydrogens (tertiary/aromatic N) is 2. The molecule has 0 spiro atoms. The monoisotopic (exact) mass is 304 g/mol. The number of aryl methyl sites for hydroxylation is 1. The molecule has 0 bridgehead atoms. The standard InChI is InChI=1S/C9H6BrClN2OS/c1-5-12-9(15-13-5)14-8-4-6(10)2-3-7(8)11/h2-4H,1H3. The maximum atomic E-state index is 5.96. The van der Waals surface area contributed by atoms with Crippen LogP contribution in [0.2, 0.25) is 5.02 Å². The Morgan fingerprint density at radius 2 is 2.27 bits per heavy atom. The quantitative estimate of drug-likeness (QED) is 0.839. The summed E-state index contributed by atoms with van der Waals surface area (Å²) >= 11 is 10.5. The van der Waals surface area contributed by atoms with Crippen LogP contribution in [-0.4, -0.2) is 9.36 Å². The van der Waals surface area contributed by atoms with Gasteiger partial charge in [0.1, 0.15) is 11.6 Å². The summed E-state index contributed by atoms with van der Waals surface area (Å²) in [5.41, 5.74) is 0. The Morgan fingerprint density at radius 1 is 1.47 bits per heavy atom. The second-order valence-corrected chi connectivity index (χ2v) is 4.82. The number of hydrogen-bond acceptors (Lipinski definition) is 4. The molecule has 0 aliphatic rings. The van der Waals surface area contributed by atoms with Crippen LogP contribution in [-0.2, 0) is 0 Å². The summed E-state index contributed by atoms with van der Waals surface area (Å²) in [6, 6.07) is 5.40. The van der Waals surface area contributed by atoms with Crippen LogP contribution in [0.15, 0.2) is 22.7 Å². The zero-order valence-electron chi connectivity index (χ0n) is 7.70. The Kier molecular flexibility index (Phi) is 3.23. The van der Waals surface area contributed by atoms with Crippen molar-refractivity contribution in [2.24, 2.45) is 0 Å². The lowest BCUT2D eigenvalue weighted by atomic mass is 10.3. The maximum absolute atomic E-state index is 5.96. The first-order valence-electron chi connectivity index (χ1n) is 4.08. The summed E-state index contributed by atoms with van der Waals surface area (Å²) in [4.78, 5) is 4.09. The first-order chi connectivity index (χ1) is 7.15. The fourth-order valence-corrected chi connectivity index (χ4v) is 2.02. The third-order valence-corrected chi connectivity index (χ3v) is 3.09. The summed E-state index contributed by atoms with van der Waals surface area (Å²) in [6.07, 6.45) is 0. The van der Waals surface area contributed by atoms with E-state index in [1.54, 1.807) is 12.1 Å². The first-order valence-corrected chi connectivity index (χ1v) is 6.03. The highest BCUT2D eigenvalue weighted by molar-refractivity contribution is 9.10. The van der Waals surface area contributed by atoms with Crippen LogP contribution in [0.3, 0.4) is 0 Å². The lowest BCUT2D eigenvalue weighted by Gasteiger charge is -2.03. The first kappa shape index (κ1) is 10.9. The van der Waals surface area contributed by atoms with Gasteiger partial charge in [0.2, 0.25) is 0 Å². The minimum atomic E-state index is 0.493. The van der Waals surface area contributed by atoms with Gasteiger partial charge in [-0.15, -0.1) is 0 Å². The number of hydrogen-bond donors (Lipinski definition) is 0. The fourth-order valence-electron chi connectivity index (χ4n) is 0.969. The number of benzene rings is 1. The lowest BCUT2D eigenvalue weighted by molar-refractivity contribution is 0.478. The van der Waals surface area contributed by atoms with Gasteiger partial charge in [-0.25, -0.2) is 0 Å². The molecule has 1 aromatic heterocycles. The Morgan fingerprint density at radius 3 is 2.93 bits per heavy atom. The molecule has 0 unspecified atom stereocenters. The van der Waals surface area contributed by atoms with Crippen LogP contribution < -0.4 is 4.74 Å². The molecule has 0 aliphatic carbocycles. The summed E-state index contributed by atoms with van der Waals surface area (Å²) in [5, 5.41) is 1.04. The van der Waals surface area contributed by atoms with E-state index in [0.29, 0.717) is 21.8 Å². The smallest absolute Gasteiger partial charge is 0.298 e. The van der Waals surface area contributed by atoms with E-state index < -0.39 is 0 Å². The van der Waals surface area contributed by atoms with Gasteiger partial charge in [-0.2, -0.15) is 9.36 Å². The molecule has 0 saturated heterocycles. The molecule has 0 saturated carbocycles. The van der Waals surface area contributed by atoms with Crippen molar-refractivity contribution in [2.75, 3.05) is 0 Å². The molecule has 1 heterocycles. The van der Waals surface area contributed by atoms with Crippen molar-refractivity contribution in [2.45, 2.75) is 6.92 Å². The number of halogens is 2. The molecule has 0 amide bonds. The van der Waals surface area contributed by atoms with E-state index in [1.807, 2.05) is 13.0 Å². The number of aromatic nitrogens is 2. The van der Waals surface area contributed by atoms with Crippen LogP contribution in [0.25, 0.3) is 0 Å². The van der Waals surface area contributed by atoms with Gasteiger partial charge in [-0.1, -0.05) is 27.5 Å². The molecule has 15 heavy (non-hydrogen) atoms. The minimum Gasteiger partial charge on any atom is -0.428 e. The Bertz CT molecular complexity index is 489. The largest absolute Gasteiger partial charge is 0.428 e. The van der Waals surface area contributed by atoms with Crippen molar-refractivity contribution < 1.29 is 4.74 Å². The van der Waals surface area contributed by atoms with Gasteiger partial charge in [0.05, 0.1) is 5.02 Å². The summed E-state index contributed by atoms with van der Waals surface area (Å²) in [6.45, 7) is 1.81. The Balaban J connectivity index is 2.27. The van der Waals surface area contributed by atoms with E-state index in [1.165, 1.54) is 11.5 Å². The van der Waals surface area contributed by atoms with Crippen LogP contribution in [0, 0.1) is 6.92 Å². The second-order valence-electron chi connectivity index (χ2n) is 2.78. The molecule has 6 heteroatoms. The van der Waals surface area contributed by atoms with Gasteiger partial charge in [0.15, 0.2) is 0 Å². The molecule has 0 fully saturated rings. The van der Waals surface area contributed by atoms with Crippen LogP contribution in [0.1, 0.15) is 5.82 Å². The van der Waals surface area contributed by atoms with Crippen LogP contribution >= 0.6 is 39.1 Å². The average Bonchev–Trinajstić information content (AvgIpc) is 2.58. The van der Waals surface area contributed by atoms with Crippen molar-refractivity contribution in [3.8, 4) is 10.9 Å². The van der Waals surface area contributed by atoms with Crippen molar-refractivity contribution >= 4 is 39.1 Å². The third kappa shape index (κ3) is 2.68. The predicted octanol–water partition coefficient (Wildman–Crippen LogP) is 4.05. The fraction of sp³-hybridized carbons (Fsp3) is 0.111. The van der Waals surface area contributed by atoms with Crippen molar-refractivity contribution in [3.63, 3.8) is 0 Å². The van der Waals surface area contributed by atoms with Crippen molar-refractivity contribution in [1.82, 2.24) is 9.36 Å². The molecule has 78 valence electrons. The molecule has 0 atom stereocenters. The summed E-state index contributed by atoms with van der Waals surface area (Å²) < 4.78 is 10.4. The molecule has 2 aromatic rings. The van der Waals surface area contributed by atoms with E-state index >= 15 is 0 Å². The average molecular weight is 306 g/mol. The highest BCUT2D eigenvalue weighted by Crippen LogP contribution is 2.32. The normalized spacial score (nSPS) is 10.3. The summed E-state index contributed by atoms with van der Waals surface area (Å²) in [5.74, 6) is 1.27. The molecule has 0 N–H and O–H groups in total. The van der Waals surface area contributed by atoms with Gasteiger partial charge in [-0.3, -0.25) is 0 Å². The Labute approximate surface area is 104 Å². The van der Waals surface area contributed by atoms with Crippen molar-refractivity contribution in [3.05, 3.63) is 33.5 Å². The predicted molar refractivity (Wildman–Crippen MR) is 63.9 cm³/mol. The van der Waals surface area contributed by atoms with E-state index in [4.69, 9.17) is 16.3 Å². The zero-order chi connectivity index (χ0) is 10.8. The minimum absolute atomic E-state index is 0.493. The topological polar surface area (TPSA) is 35.0 Å². The van der Waals surface area contributed by atoms with E-state index in [0.717, 1.165) is 4.47 Å². The van der Waals surface area contributed by atoms with Crippen molar-refractivity contribution in [1.29, 1.82) is 0 Å². The Hall–Kier alpha value is -0.650. The highest BCUT2D eigenvalue weighted by Gasteiger charge is 2.07. The number of rotatable bonds is 2. The molecule has 2 rings (SSSR count). The van der Waals surface area contributed by atoms with Gasteiger partial charge < -0.3 is 4.74 Å².